The first-order valence-electron chi connectivity index (χ1n) is 4.64. The smallest absolute Gasteiger partial charge is 0.233 e. The molecule has 0 saturated carbocycles. The number of rotatable bonds is 3. The summed E-state index contributed by atoms with van der Waals surface area (Å²) in [6, 6.07) is 0.0769. The van der Waals surface area contributed by atoms with Gasteiger partial charge in [-0.1, -0.05) is 0 Å². The third kappa shape index (κ3) is 2.49. The van der Waals surface area contributed by atoms with E-state index in [-0.39, 0.29) is 11.4 Å². The zero-order chi connectivity index (χ0) is 10.7. The summed E-state index contributed by atoms with van der Waals surface area (Å²) >= 11 is 6.03. The molecule has 0 spiro atoms. The molecule has 0 aliphatic carbocycles. The van der Waals surface area contributed by atoms with Gasteiger partial charge in [0.05, 0.1) is 44.1 Å². The predicted molar refractivity (Wildman–Crippen MR) is 56.5 cm³/mol. The highest BCUT2D eigenvalue weighted by atomic mass is 35.5. The van der Waals surface area contributed by atoms with Crippen LogP contribution in [0.1, 0.15) is 0 Å². The zero-order valence-corrected chi connectivity index (χ0v) is 9.07. The van der Waals surface area contributed by atoms with Crippen molar-refractivity contribution in [2.24, 2.45) is 0 Å². The lowest BCUT2D eigenvalue weighted by Gasteiger charge is -2.14. The Morgan fingerprint density at radius 2 is 2.40 bits per heavy atom. The molecule has 15 heavy (non-hydrogen) atoms. The molecule has 1 fully saturated rings. The van der Waals surface area contributed by atoms with E-state index in [0.717, 1.165) is 0 Å². The van der Waals surface area contributed by atoms with Crippen LogP contribution in [-0.4, -0.2) is 41.7 Å². The van der Waals surface area contributed by atoms with Gasteiger partial charge >= 0.3 is 0 Å². The van der Waals surface area contributed by atoms with Gasteiger partial charge in [-0.25, -0.2) is 0 Å². The van der Waals surface area contributed by atoms with Gasteiger partial charge < -0.3 is 14.8 Å². The van der Waals surface area contributed by atoms with Crippen LogP contribution in [-0.2, 0) is 4.74 Å². The van der Waals surface area contributed by atoms with Gasteiger partial charge in [0.25, 0.3) is 0 Å². The molecule has 2 unspecified atom stereocenters. The zero-order valence-electron chi connectivity index (χ0n) is 8.31. The predicted octanol–water partition coefficient (Wildman–Crippen LogP) is 0.903. The summed E-state index contributed by atoms with van der Waals surface area (Å²) in [5.74, 6) is 1.13. The number of anilines is 1. The van der Waals surface area contributed by atoms with Crippen LogP contribution in [0.15, 0.2) is 12.4 Å². The number of nitrogens with zero attached hydrogens (tertiary/aromatic N) is 2. The van der Waals surface area contributed by atoms with Crippen molar-refractivity contribution < 1.29 is 9.47 Å². The van der Waals surface area contributed by atoms with Crippen molar-refractivity contribution >= 4 is 17.4 Å². The van der Waals surface area contributed by atoms with Crippen molar-refractivity contribution in [3.05, 3.63) is 12.4 Å². The maximum absolute atomic E-state index is 6.03. The third-order valence-electron chi connectivity index (χ3n) is 2.17. The highest BCUT2D eigenvalue weighted by Crippen LogP contribution is 2.17. The average Bonchev–Trinajstić information content (AvgIpc) is 2.65. The van der Waals surface area contributed by atoms with Crippen LogP contribution >= 0.6 is 11.6 Å². The molecule has 0 amide bonds. The molecule has 2 rings (SSSR count). The largest absolute Gasteiger partial charge is 0.480 e. The molecule has 1 aliphatic heterocycles. The minimum Gasteiger partial charge on any atom is -0.480 e. The van der Waals surface area contributed by atoms with Gasteiger partial charge in [0.1, 0.15) is 5.82 Å². The van der Waals surface area contributed by atoms with Crippen LogP contribution < -0.4 is 10.1 Å². The minimum atomic E-state index is -0.0296. The average molecular weight is 230 g/mol. The van der Waals surface area contributed by atoms with E-state index in [1.807, 2.05) is 0 Å². The monoisotopic (exact) mass is 229 g/mol. The molecule has 1 saturated heterocycles. The molecule has 0 aromatic carbocycles. The van der Waals surface area contributed by atoms with Crippen LogP contribution in [0.3, 0.4) is 0 Å². The summed E-state index contributed by atoms with van der Waals surface area (Å²) < 4.78 is 10.2. The molecule has 0 radical (unpaired) electrons. The third-order valence-corrected chi connectivity index (χ3v) is 2.60. The fourth-order valence-corrected chi connectivity index (χ4v) is 1.59. The van der Waals surface area contributed by atoms with E-state index in [1.54, 1.807) is 19.5 Å². The standard InChI is InChI=1S/C9H12ClN3O2/c1-14-9-3-11-2-8(13-9)12-7-5-15-4-6(7)10/h2-3,6-7H,4-5H2,1H3,(H,12,13). The van der Waals surface area contributed by atoms with Crippen LogP contribution in [0.2, 0.25) is 0 Å². The minimum absolute atomic E-state index is 0.0296. The number of nitrogens with one attached hydrogen (secondary N) is 1. The molecule has 0 bridgehead atoms. The molecule has 82 valence electrons. The summed E-state index contributed by atoms with van der Waals surface area (Å²) in [5, 5.41) is 3.13. The van der Waals surface area contributed by atoms with Crippen molar-refractivity contribution in [2.75, 3.05) is 25.6 Å². The molecule has 1 aromatic heterocycles. The number of aromatic nitrogens is 2. The Labute approximate surface area is 92.8 Å². The van der Waals surface area contributed by atoms with Crippen molar-refractivity contribution in [2.45, 2.75) is 11.4 Å². The molecule has 1 N–H and O–H groups in total. The Kier molecular flexibility index (Phi) is 3.23. The SMILES string of the molecule is COc1cncc(NC2COCC2Cl)n1. The number of halogens is 1. The Morgan fingerprint density at radius 3 is 3.07 bits per heavy atom. The Bertz CT molecular complexity index is 337. The van der Waals surface area contributed by atoms with Gasteiger partial charge in [-0.05, 0) is 0 Å². The van der Waals surface area contributed by atoms with Crippen LogP contribution in [0.5, 0.6) is 5.88 Å². The lowest BCUT2D eigenvalue weighted by Crippen LogP contribution is -2.28. The molecular weight excluding hydrogens is 218 g/mol. The molecular formula is C9H12ClN3O2. The van der Waals surface area contributed by atoms with Crippen molar-refractivity contribution in [3.63, 3.8) is 0 Å². The Morgan fingerprint density at radius 1 is 1.53 bits per heavy atom. The number of ether oxygens (including phenoxy) is 2. The number of hydrogen-bond acceptors (Lipinski definition) is 5. The second-order valence-corrected chi connectivity index (χ2v) is 3.81. The fraction of sp³-hybridized carbons (Fsp3) is 0.556. The number of alkyl halides is 1. The summed E-state index contributed by atoms with van der Waals surface area (Å²) in [5.41, 5.74) is 0. The first-order valence-corrected chi connectivity index (χ1v) is 5.07. The normalized spacial score (nSPS) is 25.2. The van der Waals surface area contributed by atoms with Crippen LogP contribution in [0.4, 0.5) is 5.82 Å². The summed E-state index contributed by atoms with van der Waals surface area (Å²) in [4.78, 5) is 8.17. The first kappa shape index (κ1) is 10.4. The number of methoxy groups -OCH3 is 1. The van der Waals surface area contributed by atoms with E-state index in [4.69, 9.17) is 21.1 Å². The topological polar surface area (TPSA) is 56.3 Å². The van der Waals surface area contributed by atoms with Crippen LogP contribution in [0, 0.1) is 0 Å². The maximum atomic E-state index is 6.03. The Balaban J connectivity index is 2.03. The second-order valence-electron chi connectivity index (χ2n) is 3.25. The highest BCUT2D eigenvalue weighted by Gasteiger charge is 2.26. The van der Waals surface area contributed by atoms with Crippen molar-refractivity contribution in [3.8, 4) is 5.88 Å². The van der Waals surface area contributed by atoms with E-state index in [9.17, 15) is 0 Å². The molecule has 1 aliphatic rings. The van der Waals surface area contributed by atoms with Gasteiger partial charge in [-0.3, -0.25) is 4.98 Å². The van der Waals surface area contributed by atoms with Gasteiger partial charge in [-0.2, -0.15) is 4.98 Å². The lowest BCUT2D eigenvalue weighted by atomic mass is 10.2. The lowest BCUT2D eigenvalue weighted by molar-refractivity contribution is 0.196. The van der Waals surface area contributed by atoms with Crippen molar-refractivity contribution in [1.82, 2.24) is 9.97 Å². The summed E-state index contributed by atoms with van der Waals surface area (Å²) in [7, 11) is 1.55. The quantitative estimate of drug-likeness (QED) is 0.781. The molecule has 6 heteroatoms. The van der Waals surface area contributed by atoms with Gasteiger partial charge in [0.15, 0.2) is 0 Å². The molecule has 2 heterocycles. The summed E-state index contributed by atoms with van der Waals surface area (Å²) in [6.45, 7) is 1.16. The Hall–Kier alpha value is -1.07. The van der Waals surface area contributed by atoms with Gasteiger partial charge in [0, 0.05) is 0 Å². The van der Waals surface area contributed by atoms with E-state index in [0.29, 0.717) is 24.9 Å². The summed E-state index contributed by atoms with van der Waals surface area (Å²) in [6.07, 6.45) is 3.18. The first-order chi connectivity index (χ1) is 7.29. The fourth-order valence-electron chi connectivity index (χ4n) is 1.37. The van der Waals surface area contributed by atoms with Gasteiger partial charge in [-0.15, -0.1) is 11.6 Å². The number of hydrogen-bond donors (Lipinski definition) is 1. The second kappa shape index (κ2) is 4.63. The molecule has 5 nitrogen and oxygen atoms in total. The maximum Gasteiger partial charge on any atom is 0.233 e. The van der Waals surface area contributed by atoms with E-state index in [1.165, 1.54) is 0 Å². The highest BCUT2D eigenvalue weighted by molar-refractivity contribution is 6.21. The van der Waals surface area contributed by atoms with E-state index < -0.39 is 0 Å². The van der Waals surface area contributed by atoms with E-state index >= 15 is 0 Å². The molecule has 1 aromatic rings. The van der Waals surface area contributed by atoms with Gasteiger partial charge in [0.2, 0.25) is 5.88 Å². The van der Waals surface area contributed by atoms with E-state index in [2.05, 4.69) is 15.3 Å². The van der Waals surface area contributed by atoms with Crippen LogP contribution in [0.25, 0.3) is 0 Å². The van der Waals surface area contributed by atoms with Crippen molar-refractivity contribution in [1.29, 1.82) is 0 Å². The molecule has 2 atom stereocenters.